The van der Waals surface area contributed by atoms with E-state index in [1.807, 2.05) is 11.7 Å². The molecule has 0 aliphatic carbocycles. The summed E-state index contributed by atoms with van der Waals surface area (Å²) in [6.07, 6.45) is 2.88. The number of hydrogen-bond donors (Lipinski definition) is 0. The first-order valence-corrected chi connectivity index (χ1v) is 4.47. The summed E-state index contributed by atoms with van der Waals surface area (Å²) in [5, 5.41) is 0. The first-order valence-electron chi connectivity index (χ1n) is 3.59. The van der Waals surface area contributed by atoms with Gasteiger partial charge in [0.2, 0.25) is 0 Å². The largest absolute Gasteiger partial charge is 0.236 e. The van der Waals surface area contributed by atoms with Crippen LogP contribution in [-0.4, -0.2) is 9.97 Å². The Labute approximate surface area is 68.9 Å². The monoisotopic (exact) mass is 164 g/mol. The van der Waals surface area contributed by atoms with Crippen molar-refractivity contribution in [3.05, 3.63) is 23.3 Å². The third kappa shape index (κ3) is 1.01. The molecule has 0 aliphatic heterocycles. The lowest BCUT2D eigenvalue weighted by Crippen LogP contribution is -1.82. The maximum atomic E-state index is 4.15. The molecule has 0 amide bonds. The molecule has 0 N–H and O–H groups in total. The third-order valence-corrected chi connectivity index (χ3v) is 2.59. The Balaban J connectivity index is 2.79. The summed E-state index contributed by atoms with van der Waals surface area (Å²) in [5.41, 5.74) is 4.07. The van der Waals surface area contributed by atoms with Gasteiger partial charge in [-0.25, -0.2) is 9.97 Å². The lowest BCUT2D eigenvalue weighted by Gasteiger charge is -1.94. The van der Waals surface area contributed by atoms with Gasteiger partial charge in [0.1, 0.15) is 0 Å². The molecule has 2 aromatic heterocycles. The maximum absolute atomic E-state index is 4.15. The summed E-state index contributed by atoms with van der Waals surface area (Å²) in [4.78, 5) is 8.28. The molecule has 11 heavy (non-hydrogen) atoms. The van der Waals surface area contributed by atoms with Gasteiger partial charge in [-0.1, -0.05) is 6.92 Å². The number of nitrogens with zero attached hydrogens (tertiary/aromatic N) is 2. The molecule has 0 saturated heterocycles. The Morgan fingerprint density at radius 2 is 2.36 bits per heavy atom. The first-order chi connectivity index (χ1) is 5.42. The van der Waals surface area contributed by atoms with Crippen molar-refractivity contribution in [1.29, 1.82) is 0 Å². The van der Waals surface area contributed by atoms with E-state index in [2.05, 4.69) is 23.0 Å². The number of rotatable bonds is 1. The molecular weight excluding hydrogens is 156 g/mol. The summed E-state index contributed by atoms with van der Waals surface area (Å²) < 4.78 is 1.23. The third-order valence-electron chi connectivity index (χ3n) is 1.69. The highest BCUT2D eigenvalue weighted by molar-refractivity contribution is 7.16. The Bertz CT molecular complexity index is 367. The minimum atomic E-state index is 0.884. The van der Waals surface area contributed by atoms with Crippen LogP contribution in [0.2, 0.25) is 0 Å². The zero-order valence-corrected chi connectivity index (χ0v) is 7.06. The van der Waals surface area contributed by atoms with Crippen molar-refractivity contribution in [3.8, 4) is 0 Å². The number of fused-ring (bicyclic) bond motifs is 1. The number of aryl methyl sites for hydroxylation is 1. The molecule has 2 rings (SSSR count). The second-order valence-corrected chi connectivity index (χ2v) is 3.18. The van der Waals surface area contributed by atoms with Crippen LogP contribution in [0.3, 0.4) is 0 Å². The van der Waals surface area contributed by atoms with Crippen LogP contribution >= 0.6 is 11.3 Å². The van der Waals surface area contributed by atoms with E-state index in [4.69, 9.17) is 0 Å². The number of thiazole rings is 1. The van der Waals surface area contributed by atoms with Gasteiger partial charge in [0.15, 0.2) is 5.65 Å². The predicted octanol–water partition coefficient (Wildman–Crippen LogP) is 2.25. The molecule has 0 aromatic carbocycles. The SMILES string of the molecule is CCc1ccnc2ncsc12. The van der Waals surface area contributed by atoms with E-state index in [-0.39, 0.29) is 0 Å². The van der Waals surface area contributed by atoms with Gasteiger partial charge in [0.25, 0.3) is 0 Å². The molecule has 2 heterocycles. The summed E-state index contributed by atoms with van der Waals surface area (Å²) >= 11 is 1.66. The minimum Gasteiger partial charge on any atom is -0.236 e. The highest BCUT2D eigenvalue weighted by Gasteiger charge is 2.00. The Kier molecular flexibility index (Phi) is 1.58. The van der Waals surface area contributed by atoms with Gasteiger partial charge in [-0.3, -0.25) is 0 Å². The lowest BCUT2D eigenvalue weighted by atomic mass is 10.2. The molecular formula is C8H8N2S. The predicted molar refractivity (Wildman–Crippen MR) is 46.8 cm³/mol. The second kappa shape index (κ2) is 2.58. The quantitative estimate of drug-likeness (QED) is 0.646. The fourth-order valence-electron chi connectivity index (χ4n) is 1.10. The van der Waals surface area contributed by atoms with E-state index in [0.717, 1.165) is 12.1 Å². The zero-order valence-electron chi connectivity index (χ0n) is 6.24. The van der Waals surface area contributed by atoms with Crippen LogP contribution in [-0.2, 0) is 6.42 Å². The molecule has 2 aromatic rings. The van der Waals surface area contributed by atoms with Crippen LogP contribution < -0.4 is 0 Å². The van der Waals surface area contributed by atoms with Crippen molar-refractivity contribution in [2.75, 3.05) is 0 Å². The highest BCUT2D eigenvalue weighted by atomic mass is 32.1. The topological polar surface area (TPSA) is 25.8 Å². The molecule has 0 unspecified atom stereocenters. The fourth-order valence-corrected chi connectivity index (χ4v) is 1.94. The highest BCUT2D eigenvalue weighted by Crippen LogP contribution is 2.19. The van der Waals surface area contributed by atoms with Crippen LogP contribution in [0.1, 0.15) is 12.5 Å². The zero-order chi connectivity index (χ0) is 7.68. The van der Waals surface area contributed by atoms with Crippen LogP contribution in [0.15, 0.2) is 17.8 Å². The Morgan fingerprint density at radius 3 is 3.18 bits per heavy atom. The molecule has 0 radical (unpaired) electrons. The van der Waals surface area contributed by atoms with E-state index >= 15 is 0 Å². The van der Waals surface area contributed by atoms with Crippen molar-refractivity contribution in [2.45, 2.75) is 13.3 Å². The molecule has 56 valence electrons. The molecule has 0 bridgehead atoms. The molecule has 0 fully saturated rings. The van der Waals surface area contributed by atoms with Gasteiger partial charge >= 0.3 is 0 Å². The second-order valence-electron chi connectivity index (χ2n) is 2.33. The molecule has 0 aliphatic rings. The minimum absolute atomic E-state index is 0.884. The Hall–Kier alpha value is -0.960. The number of hydrogen-bond acceptors (Lipinski definition) is 3. The summed E-state index contributed by atoms with van der Waals surface area (Å²) in [7, 11) is 0. The molecule has 0 atom stereocenters. The fraction of sp³-hybridized carbons (Fsp3) is 0.250. The van der Waals surface area contributed by atoms with Crippen LogP contribution in [0.25, 0.3) is 10.3 Å². The standard InChI is InChI=1S/C8H8N2S/c1-2-6-3-4-9-8-7(6)11-5-10-8/h3-5H,2H2,1H3. The van der Waals surface area contributed by atoms with Crippen LogP contribution in [0.5, 0.6) is 0 Å². The van der Waals surface area contributed by atoms with Gasteiger partial charge in [0, 0.05) is 6.20 Å². The number of aromatic nitrogens is 2. The van der Waals surface area contributed by atoms with Crippen molar-refractivity contribution in [2.24, 2.45) is 0 Å². The lowest BCUT2D eigenvalue weighted by molar-refractivity contribution is 1.15. The van der Waals surface area contributed by atoms with Crippen LogP contribution in [0, 0.1) is 0 Å². The van der Waals surface area contributed by atoms with Gasteiger partial charge in [-0.15, -0.1) is 11.3 Å². The average Bonchev–Trinajstić information content (AvgIpc) is 2.50. The normalized spacial score (nSPS) is 10.6. The van der Waals surface area contributed by atoms with E-state index in [0.29, 0.717) is 0 Å². The van der Waals surface area contributed by atoms with Gasteiger partial charge in [-0.05, 0) is 18.1 Å². The first kappa shape index (κ1) is 6.73. The summed E-state index contributed by atoms with van der Waals surface area (Å²) in [5.74, 6) is 0. The van der Waals surface area contributed by atoms with E-state index in [9.17, 15) is 0 Å². The van der Waals surface area contributed by atoms with Crippen molar-refractivity contribution in [3.63, 3.8) is 0 Å². The van der Waals surface area contributed by atoms with Crippen molar-refractivity contribution in [1.82, 2.24) is 9.97 Å². The molecule has 2 nitrogen and oxygen atoms in total. The summed E-state index contributed by atoms with van der Waals surface area (Å²) in [6.45, 7) is 2.15. The Morgan fingerprint density at radius 1 is 1.45 bits per heavy atom. The van der Waals surface area contributed by atoms with E-state index < -0.39 is 0 Å². The number of pyridine rings is 1. The van der Waals surface area contributed by atoms with Crippen LogP contribution in [0.4, 0.5) is 0 Å². The molecule has 0 spiro atoms. The van der Waals surface area contributed by atoms with E-state index in [1.54, 1.807) is 11.3 Å². The smallest absolute Gasteiger partial charge is 0.170 e. The summed E-state index contributed by atoms with van der Waals surface area (Å²) in [6, 6.07) is 2.06. The molecule has 3 heteroatoms. The average molecular weight is 164 g/mol. The molecule has 0 saturated carbocycles. The van der Waals surface area contributed by atoms with Crippen molar-refractivity contribution >= 4 is 21.7 Å². The van der Waals surface area contributed by atoms with E-state index in [1.165, 1.54) is 10.3 Å². The van der Waals surface area contributed by atoms with Gasteiger partial charge < -0.3 is 0 Å². The van der Waals surface area contributed by atoms with Gasteiger partial charge in [0.05, 0.1) is 10.2 Å². The van der Waals surface area contributed by atoms with Gasteiger partial charge in [-0.2, -0.15) is 0 Å². The van der Waals surface area contributed by atoms with Crippen molar-refractivity contribution < 1.29 is 0 Å². The maximum Gasteiger partial charge on any atom is 0.170 e.